The highest BCUT2D eigenvalue weighted by molar-refractivity contribution is 6.00. The van der Waals surface area contributed by atoms with Gasteiger partial charge in [0, 0.05) is 43.4 Å². The fourth-order valence-corrected chi connectivity index (χ4v) is 2.85. The van der Waals surface area contributed by atoms with E-state index in [0.717, 1.165) is 5.56 Å². The summed E-state index contributed by atoms with van der Waals surface area (Å²) >= 11 is 0. The third kappa shape index (κ3) is 4.47. The van der Waals surface area contributed by atoms with E-state index in [1.165, 1.54) is 6.08 Å². The van der Waals surface area contributed by atoms with Crippen molar-refractivity contribution in [1.82, 2.24) is 20.2 Å². The molecule has 2 rings (SSSR count). The number of pyridine rings is 2. The van der Waals surface area contributed by atoms with Crippen LogP contribution in [0.2, 0.25) is 0 Å². The van der Waals surface area contributed by atoms with Gasteiger partial charge in [-0.15, -0.1) is 13.2 Å². The SMILES string of the molecule is C=CCNC(=O)C(C=C)(CC)N(Cc1ccncc1)C(=O)c1ccncc1. The average Bonchev–Trinajstić information content (AvgIpc) is 2.73. The summed E-state index contributed by atoms with van der Waals surface area (Å²) in [5.41, 5.74) is 0.117. The summed E-state index contributed by atoms with van der Waals surface area (Å²) in [5.74, 6) is -0.568. The molecule has 0 aliphatic carbocycles. The van der Waals surface area contributed by atoms with Gasteiger partial charge in [0.1, 0.15) is 5.54 Å². The number of carbonyl (C=O) groups excluding carboxylic acids is 2. The van der Waals surface area contributed by atoms with Gasteiger partial charge in [-0.25, -0.2) is 0 Å². The standard InChI is InChI=1S/C21H24N4O2/c1-4-11-24-20(27)21(5-2,6-3)25(16-17-7-12-22-13-8-17)19(26)18-9-14-23-15-10-18/h4-5,7-10,12-15H,1-2,6,11,16H2,3H3,(H,24,27). The van der Waals surface area contributed by atoms with Gasteiger partial charge in [-0.3, -0.25) is 19.6 Å². The zero-order valence-electron chi connectivity index (χ0n) is 15.5. The lowest BCUT2D eigenvalue weighted by molar-refractivity contribution is -0.129. The van der Waals surface area contributed by atoms with Crippen molar-refractivity contribution < 1.29 is 9.59 Å². The summed E-state index contributed by atoms with van der Waals surface area (Å²) in [5, 5.41) is 2.80. The first kappa shape index (κ1) is 20.0. The molecule has 0 radical (unpaired) electrons. The number of nitrogens with one attached hydrogen (secondary N) is 1. The summed E-state index contributed by atoms with van der Waals surface area (Å²) in [4.78, 5) is 35.8. The molecular weight excluding hydrogens is 340 g/mol. The molecule has 0 bridgehead atoms. The van der Waals surface area contributed by atoms with Crippen LogP contribution in [0.15, 0.2) is 74.4 Å². The Morgan fingerprint density at radius 3 is 2.22 bits per heavy atom. The van der Waals surface area contributed by atoms with Crippen LogP contribution in [0.5, 0.6) is 0 Å². The molecule has 1 atom stereocenters. The maximum absolute atomic E-state index is 13.3. The topological polar surface area (TPSA) is 75.2 Å². The van der Waals surface area contributed by atoms with Crippen molar-refractivity contribution in [1.29, 1.82) is 0 Å². The first-order valence-corrected chi connectivity index (χ1v) is 8.72. The number of aromatic nitrogens is 2. The minimum atomic E-state index is -1.20. The minimum absolute atomic E-state index is 0.241. The summed E-state index contributed by atoms with van der Waals surface area (Å²) in [6.45, 7) is 9.90. The van der Waals surface area contributed by atoms with Crippen LogP contribution in [0.25, 0.3) is 0 Å². The van der Waals surface area contributed by atoms with Crippen molar-refractivity contribution in [2.75, 3.05) is 6.54 Å². The van der Waals surface area contributed by atoms with Gasteiger partial charge in [0.25, 0.3) is 5.91 Å². The fourth-order valence-electron chi connectivity index (χ4n) is 2.85. The maximum Gasteiger partial charge on any atom is 0.255 e. The summed E-state index contributed by atoms with van der Waals surface area (Å²) in [6, 6.07) is 6.90. The van der Waals surface area contributed by atoms with E-state index in [4.69, 9.17) is 0 Å². The Hall–Kier alpha value is -3.28. The molecule has 27 heavy (non-hydrogen) atoms. The zero-order chi connectivity index (χ0) is 19.7. The Morgan fingerprint density at radius 1 is 1.11 bits per heavy atom. The lowest BCUT2D eigenvalue weighted by atomic mass is 9.90. The van der Waals surface area contributed by atoms with Crippen LogP contribution in [-0.2, 0) is 11.3 Å². The van der Waals surface area contributed by atoms with E-state index in [2.05, 4.69) is 28.4 Å². The lowest BCUT2D eigenvalue weighted by Gasteiger charge is -2.40. The van der Waals surface area contributed by atoms with E-state index in [9.17, 15) is 9.59 Å². The van der Waals surface area contributed by atoms with Gasteiger partial charge < -0.3 is 10.2 Å². The molecule has 1 N–H and O–H groups in total. The molecule has 0 aliphatic heterocycles. The van der Waals surface area contributed by atoms with Gasteiger partial charge in [-0.05, 0) is 36.2 Å². The van der Waals surface area contributed by atoms with Crippen LogP contribution in [-0.4, -0.2) is 38.8 Å². The van der Waals surface area contributed by atoms with E-state index < -0.39 is 5.54 Å². The Bertz CT molecular complexity index is 792. The van der Waals surface area contributed by atoms with Crippen LogP contribution >= 0.6 is 0 Å². The Labute approximate surface area is 159 Å². The Balaban J connectivity index is 2.50. The first-order chi connectivity index (χ1) is 13.1. The first-order valence-electron chi connectivity index (χ1n) is 8.72. The monoisotopic (exact) mass is 364 g/mol. The van der Waals surface area contributed by atoms with Crippen molar-refractivity contribution in [3.05, 3.63) is 85.5 Å². The fraction of sp³-hybridized carbons (Fsp3) is 0.238. The van der Waals surface area contributed by atoms with Crippen molar-refractivity contribution in [3.63, 3.8) is 0 Å². The van der Waals surface area contributed by atoms with Gasteiger partial charge in [0.05, 0.1) is 0 Å². The van der Waals surface area contributed by atoms with E-state index in [-0.39, 0.29) is 18.4 Å². The van der Waals surface area contributed by atoms with E-state index in [1.54, 1.807) is 47.9 Å². The van der Waals surface area contributed by atoms with Crippen LogP contribution in [0.1, 0.15) is 29.3 Å². The molecule has 1 unspecified atom stereocenters. The molecule has 0 saturated heterocycles. The predicted molar refractivity (Wildman–Crippen MR) is 105 cm³/mol. The molecular formula is C21H24N4O2. The number of hydrogen-bond donors (Lipinski definition) is 1. The highest BCUT2D eigenvalue weighted by Crippen LogP contribution is 2.26. The van der Waals surface area contributed by atoms with E-state index in [0.29, 0.717) is 18.5 Å². The lowest BCUT2D eigenvalue weighted by Crippen LogP contribution is -2.59. The minimum Gasteiger partial charge on any atom is -0.350 e. The molecule has 0 aromatic carbocycles. The van der Waals surface area contributed by atoms with Gasteiger partial charge in [0.2, 0.25) is 5.91 Å². The number of hydrogen-bond acceptors (Lipinski definition) is 4. The number of rotatable bonds is 9. The number of nitrogens with zero attached hydrogens (tertiary/aromatic N) is 3. The van der Waals surface area contributed by atoms with Gasteiger partial charge in [0.15, 0.2) is 0 Å². The molecule has 2 aromatic heterocycles. The second-order valence-electron chi connectivity index (χ2n) is 5.96. The quantitative estimate of drug-likeness (QED) is 0.694. The van der Waals surface area contributed by atoms with Gasteiger partial charge in [-0.2, -0.15) is 0 Å². The molecule has 0 aliphatic rings. The summed E-state index contributed by atoms with van der Waals surface area (Å²) in [6.07, 6.45) is 9.92. The van der Waals surface area contributed by atoms with Crippen molar-refractivity contribution in [3.8, 4) is 0 Å². The molecule has 2 amide bonds. The second-order valence-corrected chi connectivity index (χ2v) is 5.96. The third-order valence-corrected chi connectivity index (χ3v) is 4.42. The molecule has 2 aromatic rings. The molecule has 0 saturated carbocycles. The number of carbonyl (C=O) groups is 2. The van der Waals surface area contributed by atoms with Crippen molar-refractivity contribution in [2.45, 2.75) is 25.4 Å². The van der Waals surface area contributed by atoms with Crippen LogP contribution < -0.4 is 5.32 Å². The largest absolute Gasteiger partial charge is 0.350 e. The smallest absolute Gasteiger partial charge is 0.255 e. The summed E-state index contributed by atoms with van der Waals surface area (Å²) in [7, 11) is 0. The Kier molecular flexibility index (Phi) is 7.00. The molecule has 0 spiro atoms. The van der Waals surface area contributed by atoms with Crippen LogP contribution in [0.4, 0.5) is 0 Å². The molecule has 2 heterocycles. The van der Waals surface area contributed by atoms with Gasteiger partial charge >= 0.3 is 0 Å². The van der Waals surface area contributed by atoms with Crippen LogP contribution in [0, 0.1) is 0 Å². The van der Waals surface area contributed by atoms with E-state index >= 15 is 0 Å². The third-order valence-electron chi connectivity index (χ3n) is 4.42. The normalized spacial score (nSPS) is 12.5. The van der Waals surface area contributed by atoms with Crippen molar-refractivity contribution >= 4 is 11.8 Å². The van der Waals surface area contributed by atoms with Gasteiger partial charge in [-0.1, -0.05) is 19.1 Å². The van der Waals surface area contributed by atoms with E-state index in [1.807, 2.05) is 19.1 Å². The highest BCUT2D eigenvalue weighted by atomic mass is 16.2. The maximum atomic E-state index is 13.3. The predicted octanol–water partition coefficient (Wildman–Crippen LogP) is 2.76. The Morgan fingerprint density at radius 2 is 1.70 bits per heavy atom. The summed E-state index contributed by atoms with van der Waals surface area (Å²) < 4.78 is 0. The molecule has 6 heteroatoms. The highest BCUT2D eigenvalue weighted by Gasteiger charge is 2.42. The second kappa shape index (κ2) is 9.43. The molecule has 6 nitrogen and oxygen atoms in total. The average molecular weight is 364 g/mol. The molecule has 140 valence electrons. The molecule has 0 fully saturated rings. The zero-order valence-corrected chi connectivity index (χ0v) is 15.5. The number of amides is 2. The van der Waals surface area contributed by atoms with Crippen LogP contribution in [0.3, 0.4) is 0 Å². The van der Waals surface area contributed by atoms with Crippen molar-refractivity contribution in [2.24, 2.45) is 0 Å².